The molecule has 0 aliphatic carbocycles. The number of nitriles is 1. The van der Waals surface area contributed by atoms with E-state index >= 15 is 0 Å². The standard InChI is InChI=1S/C10H19N3O2/c1-14-10(15-2)7-9(8-11)13-5-3-12-4-6-13/h9-10,12H,3-7H2,1-2H3. The van der Waals surface area contributed by atoms with E-state index in [1.807, 2.05) is 0 Å². The fraction of sp³-hybridized carbons (Fsp3) is 0.900. The van der Waals surface area contributed by atoms with E-state index < -0.39 is 0 Å². The smallest absolute Gasteiger partial charge is 0.159 e. The van der Waals surface area contributed by atoms with Crippen LogP contribution in [0, 0.1) is 11.3 Å². The zero-order chi connectivity index (χ0) is 11.1. The highest BCUT2D eigenvalue weighted by molar-refractivity contribution is 4.93. The summed E-state index contributed by atoms with van der Waals surface area (Å²) in [5.41, 5.74) is 0. The second-order valence-corrected chi connectivity index (χ2v) is 3.57. The second kappa shape index (κ2) is 6.75. The normalized spacial score (nSPS) is 20.1. The largest absolute Gasteiger partial charge is 0.356 e. The highest BCUT2D eigenvalue weighted by Crippen LogP contribution is 2.10. The van der Waals surface area contributed by atoms with E-state index in [9.17, 15) is 0 Å². The molecule has 1 saturated heterocycles. The van der Waals surface area contributed by atoms with Gasteiger partial charge in [-0.15, -0.1) is 0 Å². The first-order chi connectivity index (χ1) is 7.31. The van der Waals surface area contributed by atoms with Crippen molar-refractivity contribution in [2.75, 3.05) is 40.4 Å². The van der Waals surface area contributed by atoms with E-state index in [1.54, 1.807) is 14.2 Å². The van der Waals surface area contributed by atoms with Gasteiger partial charge in [-0.2, -0.15) is 5.26 Å². The van der Waals surface area contributed by atoms with Crippen LogP contribution in [-0.2, 0) is 9.47 Å². The lowest BCUT2D eigenvalue weighted by Crippen LogP contribution is -2.49. The Bertz CT molecular complexity index is 207. The van der Waals surface area contributed by atoms with E-state index in [2.05, 4.69) is 16.3 Å². The fourth-order valence-electron chi connectivity index (χ4n) is 1.75. The van der Waals surface area contributed by atoms with Crippen molar-refractivity contribution in [2.24, 2.45) is 0 Å². The molecule has 1 fully saturated rings. The number of ether oxygens (including phenoxy) is 2. The summed E-state index contributed by atoms with van der Waals surface area (Å²) >= 11 is 0. The maximum absolute atomic E-state index is 9.10. The van der Waals surface area contributed by atoms with Crippen molar-refractivity contribution >= 4 is 0 Å². The van der Waals surface area contributed by atoms with E-state index in [0.29, 0.717) is 6.42 Å². The minimum atomic E-state index is -0.287. The maximum atomic E-state index is 9.10. The summed E-state index contributed by atoms with van der Waals surface area (Å²) in [5, 5.41) is 12.4. The predicted octanol–water partition coefficient (Wildman–Crippen LogP) is -0.207. The molecule has 1 aliphatic rings. The molecule has 1 N–H and O–H groups in total. The third-order valence-corrected chi connectivity index (χ3v) is 2.68. The molecule has 5 heteroatoms. The molecule has 0 amide bonds. The lowest BCUT2D eigenvalue weighted by Gasteiger charge is -2.32. The van der Waals surface area contributed by atoms with Crippen LogP contribution in [0.2, 0.25) is 0 Å². The molecule has 15 heavy (non-hydrogen) atoms. The zero-order valence-corrected chi connectivity index (χ0v) is 9.40. The van der Waals surface area contributed by atoms with Crippen LogP contribution in [0.15, 0.2) is 0 Å². The average molecular weight is 213 g/mol. The van der Waals surface area contributed by atoms with Crippen molar-refractivity contribution in [1.29, 1.82) is 5.26 Å². The van der Waals surface area contributed by atoms with Crippen molar-refractivity contribution in [2.45, 2.75) is 18.8 Å². The summed E-state index contributed by atoms with van der Waals surface area (Å²) in [7, 11) is 3.20. The molecule has 0 bridgehead atoms. The minimum absolute atomic E-state index is 0.114. The summed E-state index contributed by atoms with van der Waals surface area (Å²) in [6.07, 6.45) is 0.313. The van der Waals surface area contributed by atoms with E-state index in [1.165, 1.54) is 0 Å². The number of hydrogen-bond donors (Lipinski definition) is 1. The van der Waals surface area contributed by atoms with Gasteiger partial charge in [0.1, 0.15) is 6.04 Å². The lowest BCUT2D eigenvalue weighted by molar-refractivity contribution is -0.113. The number of rotatable bonds is 5. The molecular weight excluding hydrogens is 194 g/mol. The van der Waals surface area contributed by atoms with Crippen LogP contribution in [0.25, 0.3) is 0 Å². The number of piperazine rings is 1. The van der Waals surface area contributed by atoms with Crippen molar-refractivity contribution in [3.05, 3.63) is 0 Å². The Kier molecular flexibility index (Phi) is 5.58. The first-order valence-electron chi connectivity index (χ1n) is 5.21. The monoisotopic (exact) mass is 213 g/mol. The van der Waals surface area contributed by atoms with Gasteiger partial charge in [0.2, 0.25) is 0 Å². The van der Waals surface area contributed by atoms with Crippen LogP contribution in [0.1, 0.15) is 6.42 Å². The van der Waals surface area contributed by atoms with Gasteiger partial charge >= 0.3 is 0 Å². The average Bonchev–Trinajstić information content (AvgIpc) is 2.32. The molecule has 1 atom stereocenters. The van der Waals surface area contributed by atoms with Crippen LogP contribution in [0.4, 0.5) is 0 Å². The van der Waals surface area contributed by atoms with E-state index in [0.717, 1.165) is 26.2 Å². The van der Waals surface area contributed by atoms with Crippen LogP contribution < -0.4 is 5.32 Å². The molecule has 1 unspecified atom stereocenters. The molecule has 86 valence electrons. The Hall–Kier alpha value is -0.670. The number of hydrogen-bond acceptors (Lipinski definition) is 5. The highest BCUT2D eigenvalue weighted by Gasteiger charge is 2.23. The van der Waals surface area contributed by atoms with Gasteiger partial charge in [-0.1, -0.05) is 0 Å². The minimum Gasteiger partial charge on any atom is -0.356 e. The Morgan fingerprint density at radius 1 is 1.33 bits per heavy atom. The number of methoxy groups -OCH3 is 2. The van der Waals surface area contributed by atoms with Crippen molar-refractivity contribution in [1.82, 2.24) is 10.2 Å². The first kappa shape index (κ1) is 12.4. The van der Waals surface area contributed by atoms with Gasteiger partial charge in [-0.05, 0) is 0 Å². The topological polar surface area (TPSA) is 57.5 Å². The number of nitrogens with one attached hydrogen (secondary N) is 1. The zero-order valence-electron chi connectivity index (χ0n) is 9.40. The van der Waals surface area contributed by atoms with Crippen molar-refractivity contribution in [3.63, 3.8) is 0 Å². The van der Waals surface area contributed by atoms with Gasteiger partial charge in [0.25, 0.3) is 0 Å². The van der Waals surface area contributed by atoms with Gasteiger partial charge in [0, 0.05) is 46.8 Å². The van der Waals surface area contributed by atoms with Gasteiger partial charge < -0.3 is 14.8 Å². The van der Waals surface area contributed by atoms with Crippen molar-refractivity contribution < 1.29 is 9.47 Å². The summed E-state index contributed by atoms with van der Waals surface area (Å²) in [5.74, 6) is 0. The van der Waals surface area contributed by atoms with Gasteiger partial charge in [-0.3, -0.25) is 4.90 Å². The summed E-state index contributed by atoms with van der Waals surface area (Å²) in [6, 6.07) is 2.20. The van der Waals surface area contributed by atoms with Crippen LogP contribution >= 0.6 is 0 Å². The molecule has 0 spiro atoms. The molecule has 0 aromatic heterocycles. The van der Waals surface area contributed by atoms with Crippen LogP contribution in [0.5, 0.6) is 0 Å². The quantitative estimate of drug-likeness (QED) is 0.641. The second-order valence-electron chi connectivity index (χ2n) is 3.57. The van der Waals surface area contributed by atoms with Gasteiger partial charge in [-0.25, -0.2) is 0 Å². The van der Waals surface area contributed by atoms with Crippen molar-refractivity contribution in [3.8, 4) is 6.07 Å². The lowest BCUT2D eigenvalue weighted by atomic mass is 10.1. The first-order valence-corrected chi connectivity index (χ1v) is 5.21. The third kappa shape index (κ3) is 3.76. The maximum Gasteiger partial charge on any atom is 0.159 e. The summed E-state index contributed by atoms with van der Waals surface area (Å²) in [4.78, 5) is 2.17. The Morgan fingerprint density at radius 3 is 2.40 bits per heavy atom. The highest BCUT2D eigenvalue weighted by atomic mass is 16.7. The molecule has 1 rings (SSSR count). The van der Waals surface area contributed by atoms with Crippen LogP contribution in [0.3, 0.4) is 0 Å². The Labute approximate surface area is 90.9 Å². The van der Waals surface area contributed by atoms with Gasteiger partial charge in [0.05, 0.1) is 6.07 Å². The molecule has 0 aromatic carbocycles. The predicted molar refractivity (Wildman–Crippen MR) is 56.3 cm³/mol. The number of nitrogens with zero attached hydrogens (tertiary/aromatic N) is 2. The Morgan fingerprint density at radius 2 is 1.93 bits per heavy atom. The molecule has 0 radical (unpaired) electrons. The molecule has 1 aliphatic heterocycles. The fourth-order valence-corrected chi connectivity index (χ4v) is 1.75. The van der Waals surface area contributed by atoms with E-state index in [-0.39, 0.29) is 12.3 Å². The van der Waals surface area contributed by atoms with Crippen LogP contribution in [-0.4, -0.2) is 57.6 Å². The Balaban J connectivity index is 2.43. The third-order valence-electron chi connectivity index (χ3n) is 2.68. The summed E-state index contributed by atoms with van der Waals surface area (Å²) in [6.45, 7) is 3.72. The molecule has 0 saturated carbocycles. The molecule has 5 nitrogen and oxygen atoms in total. The molecular formula is C10H19N3O2. The molecule has 1 heterocycles. The van der Waals surface area contributed by atoms with E-state index in [4.69, 9.17) is 14.7 Å². The van der Waals surface area contributed by atoms with Gasteiger partial charge in [0.15, 0.2) is 6.29 Å². The summed E-state index contributed by atoms with van der Waals surface area (Å²) < 4.78 is 10.2. The SMILES string of the molecule is COC(CC(C#N)N1CCNCC1)OC. The molecule has 0 aromatic rings.